The third-order valence-corrected chi connectivity index (χ3v) is 4.46. The molecule has 0 aromatic heterocycles. The highest BCUT2D eigenvalue weighted by Gasteiger charge is 2.12. The zero-order valence-corrected chi connectivity index (χ0v) is 19.8. The summed E-state index contributed by atoms with van der Waals surface area (Å²) >= 11 is 6.97. The van der Waals surface area contributed by atoms with E-state index in [4.69, 9.17) is 25.9 Å². The predicted octanol–water partition coefficient (Wildman–Crippen LogP) is 4.17. The van der Waals surface area contributed by atoms with Gasteiger partial charge in [-0.3, -0.25) is 0 Å². The average molecular weight is 559 g/mol. The van der Waals surface area contributed by atoms with Gasteiger partial charge in [0.1, 0.15) is 26.6 Å². The van der Waals surface area contributed by atoms with Gasteiger partial charge in [-0.2, -0.15) is 0 Å². The molecule has 0 aliphatic carbocycles. The number of nitrogens with zero attached hydrogens (tertiary/aromatic N) is 2. The Labute approximate surface area is 192 Å². The molecule has 7 nitrogen and oxygen atoms in total. The largest absolute Gasteiger partial charge is 0.487 e. The lowest BCUT2D eigenvalue weighted by molar-refractivity contribution is 0.213. The van der Waals surface area contributed by atoms with Crippen molar-refractivity contribution in [2.45, 2.75) is 6.61 Å². The van der Waals surface area contributed by atoms with Gasteiger partial charge in [0.05, 0.1) is 8.95 Å². The minimum absolute atomic E-state index is 0. The summed E-state index contributed by atoms with van der Waals surface area (Å²) in [5.41, 5.74) is 14.1. The molecule has 154 valence electrons. The van der Waals surface area contributed by atoms with Crippen LogP contribution in [0.2, 0.25) is 0 Å². The smallest absolute Gasteiger partial charge is 0.170 e. The van der Waals surface area contributed by atoms with E-state index < -0.39 is 0 Å². The predicted molar refractivity (Wildman–Crippen MR) is 123 cm³/mol. The second-order valence-corrected chi connectivity index (χ2v) is 6.78. The van der Waals surface area contributed by atoms with Crippen LogP contribution in [0.5, 0.6) is 5.75 Å². The normalized spacial score (nSPS) is 11.1. The first-order valence-corrected chi connectivity index (χ1v) is 8.99. The SMILES string of the molecule is CO/N=C(\N)c1cccc(COc2c(Br)cc(/C(N)=N/OC)cc2Br)c1.Cl.Cl. The summed E-state index contributed by atoms with van der Waals surface area (Å²) in [5, 5.41) is 7.45. The number of benzene rings is 2. The maximum absolute atomic E-state index is 5.93. The zero-order valence-electron chi connectivity index (χ0n) is 15.0. The van der Waals surface area contributed by atoms with Crippen LogP contribution < -0.4 is 16.2 Å². The fourth-order valence-electron chi connectivity index (χ4n) is 2.12. The van der Waals surface area contributed by atoms with E-state index in [-0.39, 0.29) is 30.6 Å². The van der Waals surface area contributed by atoms with Crippen molar-refractivity contribution < 1.29 is 14.4 Å². The average Bonchev–Trinajstić information content (AvgIpc) is 2.61. The third-order valence-electron chi connectivity index (χ3n) is 3.28. The fraction of sp³-hybridized carbons (Fsp3) is 0.176. The molecule has 0 atom stereocenters. The summed E-state index contributed by atoms with van der Waals surface area (Å²) in [6.07, 6.45) is 0. The minimum atomic E-state index is 0. The number of ether oxygens (including phenoxy) is 1. The van der Waals surface area contributed by atoms with Gasteiger partial charge < -0.3 is 25.9 Å². The molecule has 4 N–H and O–H groups in total. The van der Waals surface area contributed by atoms with Gasteiger partial charge in [-0.25, -0.2) is 0 Å². The maximum atomic E-state index is 5.93. The van der Waals surface area contributed by atoms with E-state index in [1.807, 2.05) is 24.3 Å². The summed E-state index contributed by atoms with van der Waals surface area (Å²) in [6, 6.07) is 11.1. The van der Waals surface area contributed by atoms with Crippen molar-refractivity contribution in [3.05, 3.63) is 62.0 Å². The number of nitrogens with two attached hydrogens (primary N) is 2. The number of amidine groups is 2. The maximum Gasteiger partial charge on any atom is 0.170 e. The molecular weight excluding hydrogens is 539 g/mol. The van der Waals surface area contributed by atoms with E-state index in [2.05, 4.69) is 42.2 Å². The molecule has 0 spiro atoms. The van der Waals surface area contributed by atoms with E-state index in [9.17, 15) is 0 Å². The third kappa shape index (κ3) is 7.05. The van der Waals surface area contributed by atoms with Crippen molar-refractivity contribution in [3.8, 4) is 5.75 Å². The summed E-state index contributed by atoms with van der Waals surface area (Å²) in [4.78, 5) is 9.39. The molecule has 0 fully saturated rings. The summed E-state index contributed by atoms with van der Waals surface area (Å²) in [5.74, 6) is 1.21. The van der Waals surface area contributed by atoms with Crippen LogP contribution >= 0.6 is 56.7 Å². The lowest BCUT2D eigenvalue weighted by atomic mass is 10.1. The monoisotopic (exact) mass is 556 g/mol. The fourth-order valence-corrected chi connectivity index (χ4v) is 3.54. The van der Waals surface area contributed by atoms with Crippen molar-refractivity contribution >= 4 is 68.3 Å². The first kappa shape index (κ1) is 26.3. The number of oxime groups is 2. The Morgan fingerprint density at radius 2 is 1.43 bits per heavy atom. The summed E-state index contributed by atoms with van der Waals surface area (Å²) in [7, 11) is 2.88. The molecule has 0 aliphatic rings. The van der Waals surface area contributed by atoms with E-state index in [1.54, 1.807) is 12.1 Å². The first-order valence-electron chi connectivity index (χ1n) is 7.41. The number of hydrogen-bond donors (Lipinski definition) is 2. The number of rotatable bonds is 7. The Hall–Kier alpha value is -1.68. The molecule has 0 bridgehead atoms. The molecule has 0 saturated heterocycles. The molecule has 28 heavy (non-hydrogen) atoms. The standard InChI is InChI=1S/C17H18Br2N4O3.2ClH/c1-24-22-16(20)11-5-3-4-10(6-11)9-26-15-13(18)7-12(8-14(15)19)17(21)23-25-2;;/h3-8H,9H2,1-2H3,(H2,20,22)(H2,21,23);2*1H. The zero-order chi connectivity index (χ0) is 19.1. The van der Waals surface area contributed by atoms with Crippen LogP contribution in [0.25, 0.3) is 0 Å². The lowest BCUT2D eigenvalue weighted by Gasteiger charge is -2.13. The first-order chi connectivity index (χ1) is 12.5. The van der Waals surface area contributed by atoms with Crippen molar-refractivity contribution in [3.63, 3.8) is 0 Å². The minimum Gasteiger partial charge on any atom is -0.487 e. The van der Waals surface area contributed by atoms with E-state index in [0.717, 1.165) is 20.1 Å². The molecule has 0 aliphatic heterocycles. The second kappa shape index (κ2) is 12.7. The summed E-state index contributed by atoms with van der Waals surface area (Å²) in [6.45, 7) is 0.340. The van der Waals surface area contributed by atoms with E-state index in [0.29, 0.717) is 23.8 Å². The Balaban J connectivity index is 0.00000364. The molecular formula is C17H20Br2Cl2N4O3. The van der Waals surface area contributed by atoms with E-state index >= 15 is 0 Å². The molecule has 2 aromatic rings. The topological polar surface area (TPSA) is 104 Å². The lowest BCUT2D eigenvalue weighted by Crippen LogP contribution is -2.14. The van der Waals surface area contributed by atoms with Gasteiger partial charge in [0.15, 0.2) is 11.7 Å². The van der Waals surface area contributed by atoms with Gasteiger partial charge in [-0.15, -0.1) is 24.8 Å². The molecule has 2 aromatic carbocycles. The number of halogens is 4. The quantitative estimate of drug-likeness (QED) is 0.301. The van der Waals surface area contributed by atoms with Crippen molar-refractivity contribution in [1.82, 2.24) is 0 Å². The molecule has 2 rings (SSSR count). The molecule has 0 amide bonds. The van der Waals surface area contributed by atoms with Gasteiger partial charge in [0, 0.05) is 11.1 Å². The van der Waals surface area contributed by atoms with Gasteiger partial charge >= 0.3 is 0 Å². The van der Waals surface area contributed by atoms with Crippen LogP contribution in [0.4, 0.5) is 0 Å². The van der Waals surface area contributed by atoms with Crippen LogP contribution in [0.1, 0.15) is 16.7 Å². The van der Waals surface area contributed by atoms with E-state index in [1.165, 1.54) is 14.2 Å². The van der Waals surface area contributed by atoms with Gasteiger partial charge in [0.25, 0.3) is 0 Å². The van der Waals surface area contributed by atoms with Crippen LogP contribution in [0.15, 0.2) is 55.7 Å². The number of hydrogen-bond acceptors (Lipinski definition) is 5. The summed E-state index contributed by atoms with van der Waals surface area (Å²) < 4.78 is 7.38. The highest BCUT2D eigenvalue weighted by molar-refractivity contribution is 9.11. The van der Waals surface area contributed by atoms with Crippen molar-refractivity contribution in [2.75, 3.05) is 14.2 Å². The van der Waals surface area contributed by atoms with Crippen LogP contribution in [-0.4, -0.2) is 25.9 Å². The highest BCUT2D eigenvalue weighted by atomic mass is 79.9. The van der Waals surface area contributed by atoms with Gasteiger partial charge in [0.2, 0.25) is 0 Å². The molecule has 0 saturated carbocycles. The molecule has 0 heterocycles. The molecule has 0 unspecified atom stereocenters. The van der Waals surface area contributed by atoms with Crippen molar-refractivity contribution in [1.29, 1.82) is 0 Å². The van der Waals surface area contributed by atoms with Crippen LogP contribution in [-0.2, 0) is 16.3 Å². The molecule has 11 heteroatoms. The molecule has 0 radical (unpaired) electrons. The van der Waals surface area contributed by atoms with Gasteiger partial charge in [-0.05, 0) is 55.6 Å². The Morgan fingerprint density at radius 3 is 1.96 bits per heavy atom. The Bertz CT molecular complexity index is 828. The Kier molecular flexibility index (Phi) is 12.0. The highest BCUT2D eigenvalue weighted by Crippen LogP contribution is 2.35. The van der Waals surface area contributed by atoms with Crippen molar-refractivity contribution in [2.24, 2.45) is 21.8 Å². The Morgan fingerprint density at radius 1 is 0.893 bits per heavy atom. The second-order valence-electron chi connectivity index (χ2n) is 5.08. The van der Waals surface area contributed by atoms with Gasteiger partial charge in [-0.1, -0.05) is 28.5 Å². The van der Waals surface area contributed by atoms with Crippen LogP contribution in [0.3, 0.4) is 0 Å². The van der Waals surface area contributed by atoms with Crippen LogP contribution in [0, 0.1) is 0 Å².